The minimum absolute atomic E-state index is 0.00236. The molecule has 1 fully saturated rings. The zero-order chi connectivity index (χ0) is 13.8. The molecule has 0 atom stereocenters. The number of nitrogens with zero attached hydrogens (tertiary/aromatic N) is 1. The van der Waals surface area contributed by atoms with E-state index in [1.807, 2.05) is 11.8 Å². The molecule has 4 nitrogen and oxygen atoms in total. The van der Waals surface area contributed by atoms with Gasteiger partial charge in [-0.15, -0.1) is 0 Å². The van der Waals surface area contributed by atoms with Crippen molar-refractivity contribution < 1.29 is 9.72 Å². The Morgan fingerprint density at radius 3 is 2.68 bits per heavy atom. The van der Waals surface area contributed by atoms with E-state index in [2.05, 4.69) is 0 Å². The van der Waals surface area contributed by atoms with Crippen molar-refractivity contribution in [3.05, 3.63) is 39.4 Å². The lowest BCUT2D eigenvalue weighted by molar-refractivity contribution is -0.384. The second kappa shape index (κ2) is 6.19. The van der Waals surface area contributed by atoms with E-state index in [1.54, 1.807) is 13.0 Å². The lowest BCUT2D eigenvalue weighted by Gasteiger charge is -2.20. The highest BCUT2D eigenvalue weighted by atomic mass is 32.2. The summed E-state index contributed by atoms with van der Waals surface area (Å²) in [5.41, 5.74) is 1.24. The smallest absolute Gasteiger partial charge is 0.270 e. The molecule has 1 aliphatic heterocycles. The molecule has 1 aliphatic rings. The van der Waals surface area contributed by atoms with Gasteiger partial charge in [0.2, 0.25) is 0 Å². The third-order valence-corrected chi connectivity index (χ3v) is 4.46. The predicted octanol–water partition coefficient (Wildman–Crippen LogP) is 3.62. The van der Waals surface area contributed by atoms with Gasteiger partial charge in [-0.3, -0.25) is 14.9 Å². The summed E-state index contributed by atoms with van der Waals surface area (Å²) < 4.78 is 0. The fourth-order valence-corrected chi connectivity index (χ4v) is 3.56. The SMILES string of the molecule is Cc1cc(C(=O)CC2CCSCC2)cc([N+](=O)[O-])c1. The lowest BCUT2D eigenvalue weighted by Crippen LogP contribution is -2.14. The van der Waals surface area contributed by atoms with Crippen LogP contribution < -0.4 is 0 Å². The van der Waals surface area contributed by atoms with E-state index in [1.165, 1.54) is 12.1 Å². The summed E-state index contributed by atoms with van der Waals surface area (Å²) in [6, 6.07) is 4.63. The topological polar surface area (TPSA) is 60.2 Å². The summed E-state index contributed by atoms with van der Waals surface area (Å²) in [6.07, 6.45) is 2.66. The van der Waals surface area contributed by atoms with E-state index >= 15 is 0 Å². The van der Waals surface area contributed by atoms with Crippen molar-refractivity contribution in [2.45, 2.75) is 26.2 Å². The highest BCUT2D eigenvalue weighted by molar-refractivity contribution is 7.99. The molecule has 1 saturated heterocycles. The van der Waals surface area contributed by atoms with Gasteiger partial charge in [-0.2, -0.15) is 11.8 Å². The van der Waals surface area contributed by atoms with E-state index in [4.69, 9.17) is 0 Å². The average Bonchev–Trinajstić information content (AvgIpc) is 2.39. The molecule has 0 N–H and O–H groups in total. The summed E-state index contributed by atoms with van der Waals surface area (Å²) >= 11 is 1.93. The second-order valence-corrected chi connectivity index (χ2v) is 6.22. The van der Waals surface area contributed by atoms with E-state index in [9.17, 15) is 14.9 Å². The predicted molar refractivity (Wildman–Crippen MR) is 76.8 cm³/mol. The van der Waals surface area contributed by atoms with Crippen LogP contribution in [-0.2, 0) is 0 Å². The Labute approximate surface area is 116 Å². The van der Waals surface area contributed by atoms with Gasteiger partial charge in [0.05, 0.1) is 4.92 Å². The first-order valence-corrected chi connectivity index (χ1v) is 7.59. The summed E-state index contributed by atoms with van der Waals surface area (Å²) in [5.74, 6) is 2.70. The number of benzene rings is 1. The number of nitro groups is 1. The lowest BCUT2D eigenvalue weighted by atomic mass is 9.93. The number of ketones is 1. The van der Waals surface area contributed by atoms with Gasteiger partial charge in [0.25, 0.3) is 5.69 Å². The molecule has 0 radical (unpaired) electrons. The molecule has 0 unspecified atom stereocenters. The molecule has 2 rings (SSSR count). The van der Waals surface area contributed by atoms with Gasteiger partial charge >= 0.3 is 0 Å². The van der Waals surface area contributed by atoms with Crippen LogP contribution in [0.15, 0.2) is 18.2 Å². The number of aryl methyl sites for hydroxylation is 1. The number of Topliss-reactive ketones (excluding diaryl/α,β-unsaturated/α-hetero) is 1. The minimum atomic E-state index is -0.443. The van der Waals surface area contributed by atoms with Gasteiger partial charge in [-0.25, -0.2) is 0 Å². The third-order valence-electron chi connectivity index (χ3n) is 3.41. The number of carbonyl (C=O) groups excluding carboxylic acids is 1. The molecule has 0 aliphatic carbocycles. The van der Waals surface area contributed by atoms with Gasteiger partial charge < -0.3 is 0 Å². The first kappa shape index (κ1) is 14.1. The van der Waals surface area contributed by atoms with E-state index in [0.29, 0.717) is 17.9 Å². The molecule has 0 amide bonds. The monoisotopic (exact) mass is 279 g/mol. The van der Waals surface area contributed by atoms with Gasteiger partial charge in [-0.05, 0) is 48.8 Å². The van der Waals surface area contributed by atoms with Crippen molar-refractivity contribution in [2.24, 2.45) is 5.92 Å². The zero-order valence-corrected chi connectivity index (χ0v) is 11.7. The molecular formula is C14H17NO3S. The standard InChI is InChI=1S/C14H17NO3S/c1-10-6-12(9-13(7-10)15(17)18)14(16)8-11-2-4-19-5-3-11/h6-7,9,11H,2-5,8H2,1H3. The van der Waals surface area contributed by atoms with Gasteiger partial charge in [0.1, 0.15) is 0 Å². The van der Waals surface area contributed by atoms with Gasteiger partial charge in [0.15, 0.2) is 5.78 Å². The molecule has 1 aromatic rings. The van der Waals surface area contributed by atoms with Gasteiger partial charge in [-0.1, -0.05) is 0 Å². The average molecular weight is 279 g/mol. The zero-order valence-electron chi connectivity index (χ0n) is 10.9. The van der Waals surface area contributed by atoms with E-state index in [0.717, 1.165) is 29.9 Å². The van der Waals surface area contributed by atoms with Crippen LogP contribution in [0.3, 0.4) is 0 Å². The van der Waals surface area contributed by atoms with Crippen LogP contribution in [0.1, 0.15) is 35.2 Å². The van der Waals surface area contributed by atoms with Crippen molar-refractivity contribution in [2.75, 3.05) is 11.5 Å². The number of nitro benzene ring substituents is 1. The van der Waals surface area contributed by atoms with Crippen molar-refractivity contribution in [3.8, 4) is 0 Å². The first-order valence-electron chi connectivity index (χ1n) is 6.43. The third kappa shape index (κ3) is 3.80. The van der Waals surface area contributed by atoms with E-state index in [-0.39, 0.29) is 11.5 Å². The van der Waals surface area contributed by atoms with Gasteiger partial charge in [0, 0.05) is 24.1 Å². The molecule has 0 bridgehead atoms. The number of hydrogen-bond acceptors (Lipinski definition) is 4. The molecule has 1 aromatic carbocycles. The molecule has 102 valence electrons. The molecule has 19 heavy (non-hydrogen) atoms. The minimum Gasteiger partial charge on any atom is -0.294 e. The van der Waals surface area contributed by atoms with E-state index < -0.39 is 4.92 Å². The maximum atomic E-state index is 12.2. The van der Waals surface area contributed by atoms with Crippen LogP contribution in [0.2, 0.25) is 0 Å². The number of thioether (sulfide) groups is 1. The summed E-state index contributed by atoms with van der Waals surface area (Å²) in [4.78, 5) is 22.6. The highest BCUT2D eigenvalue weighted by Crippen LogP contribution is 2.27. The first-order chi connectivity index (χ1) is 9.06. The molecular weight excluding hydrogens is 262 g/mol. The number of hydrogen-bond donors (Lipinski definition) is 0. The maximum absolute atomic E-state index is 12.2. The van der Waals surface area contributed by atoms with Crippen molar-refractivity contribution >= 4 is 23.2 Å². The Bertz CT molecular complexity index is 495. The Hall–Kier alpha value is -1.36. The van der Waals surface area contributed by atoms with Crippen molar-refractivity contribution in [3.63, 3.8) is 0 Å². The summed E-state index contributed by atoms with van der Waals surface area (Å²) in [6.45, 7) is 1.78. The summed E-state index contributed by atoms with van der Waals surface area (Å²) in [7, 11) is 0. The van der Waals surface area contributed by atoms with Crippen LogP contribution in [-0.4, -0.2) is 22.2 Å². The molecule has 0 aromatic heterocycles. The number of rotatable bonds is 4. The van der Waals surface area contributed by atoms with Crippen LogP contribution in [0.4, 0.5) is 5.69 Å². The highest BCUT2D eigenvalue weighted by Gasteiger charge is 2.20. The van der Waals surface area contributed by atoms with Crippen molar-refractivity contribution in [1.82, 2.24) is 0 Å². The van der Waals surface area contributed by atoms with Crippen LogP contribution in [0.5, 0.6) is 0 Å². The molecule has 5 heteroatoms. The fraction of sp³-hybridized carbons (Fsp3) is 0.500. The number of non-ortho nitro benzene ring substituents is 1. The van der Waals surface area contributed by atoms with Crippen LogP contribution in [0, 0.1) is 23.0 Å². The Kier molecular flexibility index (Phi) is 4.58. The fourth-order valence-electron chi connectivity index (χ4n) is 2.36. The van der Waals surface area contributed by atoms with Crippen LogP contribution >= 0.6 is 11.8 Å². The van der Waals surface area contributed by atoms with Crippen LogP contribution in [0.25, 0.3) is 0 Å². The molecule has 1 heterocycles. The molecule has 0 saturated carbocycles. The number of carbonyl (C=O) groups is 1. The Morgan fingerprint density at radius 2 is 2.05 bits per heavy atom. The summed E-state index contributed by atoms with van der Waals surface area (Å²) in [5, 5.41) is 10.8. The van der Waals surface area contributed by atoms with Crippen molar-refractivity contribution in [1.29, 1.82) is 0 Å². The quantitative estimate of drug-likeness (QED) is 0.480. The normalized spacial score (nSPS) is 16.3. The Balaban J connectivity index is 2.11. The maximum Gasteiger partial charge on any atom is 0.270 e. The largest absolute Gasteiger partial charge is 0.294 e. The Morgan fingerprint density at radius 1 is 1.37 bits per heavy atom. The second-order valence-electron chi connectivity index (χ2n) is 5.00. The molecule has 0 spiro atoms.